The van der Waals surface area contributed by atoms with Crippen LogP contribution in [0.15, 0.2) is 46.8 Å². The molecule has 0 aliphatic rings. The Labute approximate surface area is 157 Å². The summed E-state index contributed by atoms with van der Waals surface area (Å²) in [5.74, 6) is -0.495. The molecule has 0 unspecified atom stereocenters. The molecule has 0 saturated carbocycles. The van der Waals surface area contributed by atoms with E-state index >= 15 is 0 Å². The second-order valence-corrected chi connectivity index (χ2v) is 7.24. The van der Waals surface area contributed by atoms with Crippen molar-refractivity contribution in [2.75, 3.05) is 6.54 Å². The number of carbonyl (C=O) groups is 1. The number of hydrogen-bond donors (Lipinski definition) is 2. The molecule has 0 spiro atoms. The predicted octanol–water partition coefficient (Wildman–Crippen LogP) is 2.83. The highest BCUT2D eigenvalue weighted by Gasteiger charge is 2.12. The molecule has 3 aromatic heterocycles. The van der Waals surface area contributed by atoms with Crippen LogP contribution in [0.25, 0.3) is 21.9 Å². The van der Waals surface area contributed by atoms with E-state index in [2.05, 4.69) is 15.3 Å². The summed E-state index contributed by atoms with van der Waals surface area (Å²) in [5.41, 5.74) is 1.13. The Morgan fingerprint density at radius 2 is 2.22 bits per heavy atom. The van der Waals surface area contributed by atoms with Crippen LogP contribution in [-0.4, -0.2) is 27.0 Å². The quantitative estimate of drug-likeness (QED) is 0.536. The summed E-state index contributed by atoms with van der Waals surface area (Å²) in [6, 6.07) is 8.28. The molecule has 4 rings (SSSR count). The minimum atomic E-state index is -0.381. The van der Waals surface area contributed by atoms with Crippen molar-refractivity contribution in [1.82, 2.24) is 19.9 Å². The molecule has 0 fully saturated rings. The number of aryl methyl sites for hydroxylation is 1. The monoisotopic (exact) mass is 384 g/mol. The number of aromatic amines is 1. The maximum Gasteiger partial charge on any atom is 0.277 e. The Balaban J connectivity index is 1.44. The summed E-state index contributed by atoms with van der Waals surface area (Å²) in [4.78, 5) is 33.1. The first-order valence-electron chi connectivity index (χ1n) is 8.57. The minimum Gasteiger partial charge on any atom is -0.356 e. The second kappa shape index (κ2) is 7.32. The van der Waals surface area contributed by atoms with Crippen molar-refractivity contribution in [2.45, 2.75) is 19.4 Å². The second-order valence-electron chi connectivity index (χ2n) is 6.21. The number of aromatic nitrogens is 3. The van der Waals surface area contributed by atoms with Crippen molar-refractivity contribution in [3.63, 3.8) is 0 Å². The fourth-order valence-corrected chi connectivity index (χ4v) is 3.72. The molecule has 6 nitrogen and oxygen atoms in total. The highest BCUT2D eigenvalue weighted by atomic mass is 32.1. The van der Waals surface area contributed by atoms with Crippen LogP contribution in [-0.2, 0) is 17.8 Å². The Bertz CT molecular complexity index is 1160. The first-order chi connectivity index (χ1) is 13.1. The standard InChI is InChI=1S/C19H17FN4O2S/c20-12-3-4-15-14(10-12)17-18(23-15)19(26)24(11-22-17)8-6-16(25)21-7-5-13-2-1-9-27-13/h1-4,9-11,23H,5-8H2,(H,21,25). The maximum absolute atomic E-state index is 13.5. The molecule has 1 amide bonds. The van der Waals surface area contributed by atoms with Gasteiger partial charge < -0.3 is 10.3 Å². The van der Waals surface area contributed by atoms with Crippen LogP contribution in [0.5, 0.6) is 0 Å². The predicted molar refractivity (Wildman–Crippen MR) is 103 cm³/mol. The molecule has 0 aliphatic heterocycles. The van der Waals surface area contributed by atoms with Gasteiger partial charge in [-0.1, -0.05) is 6.07 Å². The Morgan fingerprint density at radius 3 is 3.04 bits per heavy atom. The van der Waals surface area contributed by atoms with Gasteiger partial charge in [0, 0.05) is 35.3 Å². The van der Waals surface area contributed by atoms with E-state index in [9.17, 15) is 14.0 Å². The number of carbonyl (C=O) groups excluding carboxylic acids is 1. The van der Waals surface area contributed by atoms with E-state index in [1.165, 1.54) is 27.9 Å². The molecule has 0 atom stereocenters. The topological polar surface area (TPSA) is 79.8 Å². The van der Waals surface area contributed by atoms with Crippen LogP contribution < -0.4 is 10.9 Å². The zero-order valence-electron chi connectivity index (χ0n) is 14.4. The number of halogens is 1. The van der Waals surface area contributed by atoms with Gasteiger partial charge in [-0.15, -0.1) is 11.3 Å². The Hall–Kier alpha value is -3.00. The van der Waals surface area contributed by atoms with Gasteiger partial charge in [0.1, 0.15) is 16.9 Å². The van der Waals surface area contributed by atoms with Gasteiger partial charge in [0.25, 0.3) is 5.56 Å². The van der Waals surface area contributed by atoms with E-state index < -0.39 is 0 Å². The zero-order valence-corrected chi connectivity index (χ0v) is 15.2. The van der Waals surface area contributed by atoms with Crippen molar-refractivity contribution >= 4 is 39.2 Å². The molecular weight excluding hydrogens is 367 g/mol. The molecule has 27 heavy (non-hydrogen) atoms. The minimum absolute atomic E-state index is 0.114. The molecule has 4 aromatic rings. The Kier molecular flexibility index (Phi) is 4.72. The maximum atomic E-state index is 13.5. The molecule has 1 aromatic carbocycles. The number of rotatable bonds is 6. The summed E-state index contributed by atoms with van der Waals surface area (Å²) in [6.07, 6.45) is 2.39. The van der Waals surface area contributed by atoms with E-state index in [-0.39, 0.29) is 30.2 Å². The molecule has 0 radical (unpaired) electrons. The van der Waals surface area contributed by atoms with Gasteiger partial charge in [-0.25, -0.2) is 9.37 Å². The summed E-state index contributed by atoms with van der Waals surface area (Å²) in [5, 5.41) is 5.43. The number of nitrogens with one attached hydrogen (secondary N) is 2. The van der Waals surface area contributed by atoms with Gasteiger partial charge in [0.2, 0.25) is 5.91 Å². The first-order valence-corrected chi connectivity index (χ1v) is 9.45. The molecule has 8 heteroatoms. The fraction of sp³-hybridized carbons (Fsp3) is 0.211. The van der Waals surface area contributed by atoms with E-state index in [1.807, 2.05) is 17.5 Å². The van der Waals surface area contributed by atoms with E-state index in [4.69, 9.17) is 0 Å². The van der Waals surface area contributed by atoms with Gasteiger partial charge in [-0.3, -0.25) is 14.2 Å². The highest BCUT2D eigenvalue weighted by molar-refractivity contribution is 7.09. The third-order valence-corrected chi connectivity index (χ3v) is 5.32. The highest BCUT2D eigenvalue weighted by Crippen LogP contribution is 2.22. The van der Waals surface area contributed by atoms with E-state index in [0.717, 1.165) is 6.42 Å². The largest absolute Gasteiger partial charge is 0.356 e. The van der Waals surface area contributed by atoms with E-state index in [1.54, 1.807) is 17.4 Å². The van der Waals surface area contributed by atoms with Crippen LogP contribution in [0.1, 0.15) is 11.3 Å². The molecule has 138 valence electrons. The van der Waals surface area contributed by atoms with Crippen LogP contribution in [0.3, 0.4) is 0 Å². The third kappa shape index (κ3) is 3.61. The number of hydrogen-bond acceptors (Lipinski definition) is 4. The van der Waals surface area contributed by atoms with Gasteiger partial charge in [-0.2, -0.15) is 0 Å². The molecular formula is C19H17FN4O2S. The van der Waals surface area contributed by atoms with E-state index in [0.29, 0.717) is 28.5 Å². The van der Waals surface area contributed by atoms with Crippen LogP contribution in [0.4, 0.5) is 4.39 Å². The molecule has 0 bridgehead atoms. The third-order valence-electron chi connectivity index (χ3n) is 4.39. The number of fused-ring (bicyclic) bond motifs is 3. The lowest BCUT2D eigenvalue weighted by atomic mass is 10.2. The first kappa shape index (κ1) is 17.4. The van der Waals surface area contributed by atoms with Crippen LogP contribution in [0, 0.1) is 5.82 Å². The number of benzene rings is 1. The lowest BCUT2D eigenvalue weighted by Gasteiger charge is -2.06. The smallest absolute Gasteiger partial charge is 0.277 e. The molecule has 2 N–H and O–H groups in total. The van der Waals surface area contributed by atoms with Crippen molar-refractivity contribution < 1.29 is 9.18 Å². The number of amides is 1. The van der Waals surface area contributed by atoms with Crippen molar-refractivity contribution in [3.8, 4) is 0 Å². The van der Waals surface area contributed by atoms with Gasteiger partial charge in [-0.05, 0) is 36.1 Å². The fourth-order valence-electron chi connectivity index (χ4n) is 3.01. The normalized spacial score (nSPS) is 11.3. The average molecular weight is 384 g/mol. The summed E-state index contributed by atoms with van der Waals surface area (Å²) in [7, 11) is 0. The van der Waals surface area contributed by atoms with Crippen molar-refractivity contribution in [1.29, 1.82) is 0 Å². The lowest BCUT2D eigenvalue weighted by molar-refractivity contribution is -0.121. The molecule has 3 heterocycles. The number of nitrogens with zero attached hydrogens (tertiary/aromatic N) is 2. The molecule has 0 aliphatic carbocycles. The lowest BCUT2D eigenvalue weighted by Crippen LogP contribution is -2.28. The van der Waals surface area contributed by atoms with Crippen LogP contribution >= 0.6 is 11.3 Å². The SMILES string of the molecule is O=C(CCn1cnc2c([nH]c3ccc(F)cc32)c1=O)NCCc1cccs1. The summed E-state index contributed by atoms with van der Waals surface area (Å²) in [6.45, 7) is 0.801. The summed E-state index contributed by atoms with van der Waals surface area (Å²) >= 11 is 1.66. The number of H-pyrrole nitrogens is 1. The summed E-state index contributed by atoms with van der Waals surface area (Å²) < 4.78 is 14.9. The van der Waals surface area contributed by atoms with Crippen molar-refractivity contribution in [3.05, 3.63) is 63.1 Å². The Morgan fingerprint density at radius 1 is 1.33 bits per heavy atom. The van der Waals surface area contributed by atoms with Gasteiger partial charge >= 0.3 is 0 Å². The number of thiophene rings is 1. The van der Waals surface area contributed by atoms with Crippen molar-refractivity contribution in [2.24, 2.45) is 0 Å². The zero-order chi connectivity index (χ0) is 18.8. The van der Waals surface area contributed by atoms with Crippen LogP contribution in [0.2, 0.25) is 0 Å². The van der Waals surface area contributed by atoms with Gasteiger partial charge in [0.15, 0.2) is 0 Å². The molecule has 0 saturated heterocycles. The van der Waals surface area contributed by atoms with Gasteiger partial charge in [0.05, 0.1) is 6.33 Å². The average Bonchev–Trinajstić information content (AvgIpc) is 3.29.